The molecule has 0 aliphatic rings. The SMILES string of the molecule is CNC(=O)CN(C)C(=O)N(C)CC(C)C(=O)O. The summed E-state index contributed by atoms with van der Waals surface area (Å²) in [5.41, 5.74) is 0. The van der Waals surface area contributed by atoms with Gasteiger partial charge in [0.05, 0.1) is 5.92 Å². The molecule has 0 saturated carbocycles. The van der Waals surface area contributed by atoms with Crippen LogP contribution in [0.5, 0.6) is 0 Å². The fraction of sp³-hybridized carbons (Fsp3) is 0.700. The van der Waals surface area contributed by atoms with Crippen LogP contribution in [-0.2, 0) is 9.59 Å². The molecule has 0 heterocycles. The van der Waals surface area contributed by atoms with Gasteiger partial charge in [-0.3, -0.25) is 9.59 Å². The first kappa shape index (κ1) is 15.2. The molecule has 0 aromatic heterocycles. The molecule has 7 heteroatoms. The summed E-state index contributed by atoms with van der Waals surface area (Å²) in [6.45, 7) is 1.57. The zero-order valence-corrected chi connectivity index (χ0v) is 10.6. The van der Waals surface area contributed by atoms with Gasteiger partial charge in [0, 0.05) is 27.7 Å². The largest absolute Gasteiger partial charge is 0.481 e. The number of rotatable bonds is 5. The van der Waals surface area contributed by atoms with Crippen LogP contribution >= 0.6 is 0 Å². The molecule has 0 radical (unpaired) electrons. The molecule has 17 heavy (non-hydrogen) atoms. The Kier molecular flexibility index (Phi) is 6.01. The summed E-state index contributed by atoms with van der Waals surface area (Å²) >= 11 is 0. The summed E-state index contributed by atoms with van der Waals surface area (Å²) in [5, 5.41) is 11.1. The van der Waals surface area contributed by atoms with E-state index in [1.54, 1.807) is 0 Å². The highest BCUT2D eigenvalue weighted by Gasteiger charge is 2.20. The van der Waals surface area contributed by atoms with Gasteiger partial charge in [-0.1, -0.05) is 6.92 Å². The maximum atomic E-state index is 11.7. The molecule has 0 saturated heterocycles. The van der Waals surface area contributed by atoms with Crippen LogP contribution in [0.2, 0.25) is 0 Å². The predicted octanol–water partition coefficient (Wildman–Crippen LogP) is -0.563. The smallest absolute Gasteiger partial charge is 0.319 e. The first-order valence-electron chi connectivity index (χ1n) is 5.19. The topological polar surface area (TPSA) is 90.0 Å². The second-order valence-electron chi connectivity index (χ2n) is 3.93. The second-order valence-corrected chi connectivity index (χ2v) is 3.93. The molecule has 0 fully saturated rings. The lowest BCUT2D eigenvalue weighted by Gasteiger charge is -2.25. The summed E-state index contributed by atoms with van der Waals surface area (Å²) in [6.07, 6.45) is 0. The molecule has 7 nitrogen and oxygen atoms in total. The van der Waals surface area contributed by atoms with E-state index in [1.165, 1.54) is 37.9 Å². The lowest BCUT2D eigenvalue weighted by Crippen LogP contribution is -2.45. The Morgan fingerprint density at radius 2 is 1.76 bits per heavy atom. The van der Waals surface area contributed by atoms with Gasteiger partial charge in [-0.25, -0.2) is 4.79 Å². The van der Waals surface area contributed by atoms with E-state index in [-0.39, 0.29) is 25.0 Å². The molecule has 0 aliphatic heterocycles. The van der Waals surface area contributed by atoms with Gasteiger partial charge >= 0.3 is 12.0 Å². The van der Waals surface area contributed by atoms with Crippen molar-refractivity contribution < 1.29 is 19.5 Å². The Bertz CT molecular complexity index is 306. The number of hydrogen-bond acceptors (Lipinski definition) is 3. The van der Waals surface area contributed by atoms with E-state index in [2.05, 4.69) is 5.32 Å². The van der Waals surface area contributed by atoms with Crippen molar-refractivity contribution in [2.75, 3.05) is 34.2 Å². The number of carboxylic acids is 1. The number of urea groups is 1. The lowest BCUT2D eigenvalue weighted by atomic mass is 10.2. The highest BCUT2D eigenvalue weighted by atomic mass is 16.4. The Balaban J connectivity index is 4.29. The van der Waals surface area contributed by atoms with Gasteiger partial charge in [-0.2, -0.15) is 0 Å². The zero-order valence-electron chi connectivity index (χ0n) is 10.6. The number of likely N-dealkylation sites (N-methyl/N-ethyl adjacent to an activating group) is 2. The molecule has 0 spiro atoms. The third kappa shape index (κ3) is 5.19. The molecule has 0 aromatic rings. The van der Waals surface area contributed by atoms with Crippen molar-refractivity contribution >= 4 is 17.9 Å². The van der Waals surface area contributed by atoms with E-state index in [0.29, 0.717) is 0 Å². The van der Waals surface area contributed by atoms with Crippen LogP contribution in [0.3, 0.4) is 0 Å². The molecule has 1 unspecified atom stereocenters. The highest BCUT2D eigenvalue weighted by molar-refractivity contribution is 5.83. The first-order valence-corrected chi connectivity index (χ1v) is 5.19. The lowest BCUT2D eigenvalue weighted by molar-refractivity contribution is -0.141. The molecule has 0 rings (SSSR count). The third-order valence-electron chi connectivity index (χ3n) is 2.28. The van der Waals surface area contributed by atoms with Crippen LogP contribution in [0, 0.1) is 5.92 Å². The quantitative estimate of drug-likeness (QED) is 0.679. The molecule has 2 N–H and O–H groups in total. The summed E-state index contributed by atoms with van der Waals surface area (Å²) in [5.74, 6) is -1.88. The second kappa shape index (κ2) is 6.72. The van der Waals surface area contributed by atoms with E-state index in [4.69, 9.17) is 5.11 Å². The van der Waals surface area contributed by atoms with Gasteiger partial charge in [-0.05, 0) is 0 Å². The maximum absolute atomic E-state index is 11.7. The first-order chi connectivity index (χ1) is 7.79. The number of carboxylic acid groups (broad SMARTS) is 1. The minimum atomic E-state index is -0.960. The van der Waals surface area contributed by atoms with Gasteiger partial charge in [0.15, 0.2) is 0 Å². The average Bonchev–Trinajstić information content (AvgIpc) is 2.27. The van der Waals surface area contributed by atoms with Crippen molar-refractivity contribution in [3.63, 3.8) is 0 Å². The van der Waals surface area contributed by atoms with E-state index in [9.17, 15) is 14.4 Å². The number of nitrogens with one attached hydrogen (secondary N) is 1. The fourth-order valence-electron chi connectivity index (χ4n) is 1.22. The summed E-state index contributed by atoms with van der Waals surface area (Å²) in [6, 6.07) is -0.387. The molecule has 0 aliphatic carbocycles. The molecule has 3 amide bonds. The van der Waals surface area contributed by atoms with Crippen LogP contribution in [0.1, 0.15) is 6.92 Å². The fourth-order valence-corrected chi connectivity index (χ4v) is 1.22. The van der Waals surface area contributed by atoms with Gasteiger partial charge < -0.3 is 20.2 Å². The van der Waals surface area contributed by atoms with Crippen LogP contribution in [-0.4, -0.2) is 67.0 Å². The van der Waals surface area contributed by atoms with E-state index < -0.39 is 11.9 Å². The molecule has 0 aromatic carbocycles. The number of carbonyl (C=O) groups excluding carboxylic acids is 2. The highest BCUT2D eigenvalue weighted by Crippen LogP contribution is 2.01. The van der Waals surface area contributed by atoms with Crippen molar-refractivity contribution in [3.05, 3.63) is 0 Å². The molecule has 98 valence electrons. The Morgan fingerprint density at radius 1 is 1.24 bits per heavy atom. The standard InChI is InChI=1S/C10H19N3O4/c1-7(9(15)16)5-12(3)10(17)13(4)6-8(14)11-2/h7H,5-6H2,1-4H3,(H,11,14)(H,15,16). The number of aliphatic carboxylic acids is 1. The normalized spacial score (nSPS) is 11.5. The molecular weight excluding hydrogens is 226 g/mol. The van der Waals surface area contributed by atoms with Gasteiger partial charge in [-0.15, -0.1) is 0 Å². The van der Waals surface area contributed by atoms with E-state index in [1.807, 2.05) is 0 Å². The van der Waals surface area contributed by atoms with Crippen molar-refractivity contribution in [2.24, 2.45) is 5.92 Å². The van der Waals surface area contributed by atoms with Gasteiger partial charge in [0.2, 0.25) is 5.91 Å². The van der Waals surface area contributed by atoms with Crippen LogP contribution in [0.15, 0.2) is 0 Å². The minimum absolute atomic E-state index is 0.0544. The summed E-state index contributed by atoms with van der Waals surface area (Å²) < 4.78 is 0. The van der Waals surface area contributed by atoms with Crippen LogP contribution in [0.4, 0.5) is 4.79 Å². The summed E-state index contributed by atoms with van der Waals surface area (Å²) in [7, 11) is 4.47. The molecule has 0 bridgehead atoms. The number of hydrogen-bond donors (Lipinski definition) is 2. The predicted molar refractivity (Wildman–Crippen MR) is 61.5 cm³/mol. The van der Waals surface area contributed by atoms with Crippen LogP contribution < -0.4 is 5.32 Å². The summed E-state index contributed by atoms with van der Waals surface area (Å²) in [4.78, 5) is 35.9. The van der Waals surface area contributed by atoms with E-state index in [0.717, 1.165) is 0 Å². The van der Waals surface area contributed by atoms with Crippen molar-refractivity contribution in [3.8, 4) is 0 Å². The van der Waals surface area contributed by atoms with Crippen molar-refractivity contribution in [1.29, 1.82) is 0 Å². The van der Waals surface area contributed by atoms with E-state index >= 15 is 0 Å². The molecule has 1 atom stereocenters. The maximum Gasteiger partial charge on any atom is 0.319 e. The van der Waals surface area contributed by atoms with Crippen molar-refractivity contribution in [1.82, 2.24) is 15.1 Å². The number of nitrogens with zero attached hydrogens (tertiary/aromatic N) is 2. The molecular formula is C10H19N3O4. The Morgan fingerprint density at radius 3 is 2.18 bits per heavy atom. The average molecular weight is 245 g/mol. The van der Waals surface area contributed by atoms with Gasteiger partial charge in [0.1, 0.15) is 6.54 Å². The van der Waals surface area contributed by atoms with Crippen molar-refractivity contribution in [2.45, 2.75) is 6.92 Å². The minimum Gasteiger partial charge on any atom is -0.481 e. The third-order valence-corrected chi connectivity index (χ3v) is 2.28. The Labute approximate surface area is 100 Å². The zero-order chi connectivity index (χ0) is 13.6. The van der Waals surface area contributed by atoms with Crippen LogP contribution in [0.25, 0.3) is 0 Å². The Hall–Kier alpha value is -1.79. The monoisotopic (exact) mass is 245 g/mol. The number of carbonyl (C=O) groups is 3. The number of amides is 3. The van der Waals surface area contributed by atoms with Gasteiger partial charge in [0.25, 0.3) is 0 Å².